The normalized spacial score (nSPS) is 10.2. The molecular formula is C14H14O3. The minimum absolute atomic E-state index is 0.253. The number of furan rings is 1. The molecule has 0 saturated heterocycles. The molecule has 3 nitrogen and oxygen atoms in total. The highest BCUT2D eigenvalue weighted by molar-refractivity contribution is 5.88. The lowest BCUT2D eigenvalue weighted by Crippen LogP contribution is -2.02. The molecule has 0 fully saturated rings. The van der Waals surface area contributed by atoms with Crippen molar-refractivity contribution in [1.29, 1.82) is 0 Å². The van der Waals surface area contributed by atoms with Gasteiger partial charge in [-0.1, -0.05) is 30.3 Å². The molecule has 0 saturated carbocycles. The maximum atomic E-state index is 11.5. The Morgan fingerprint density at radius 3 is 2.65 bits per heavy atom. The lowest BCUT2D eigenvalue weighted by Gasteiger charge is -1.96. The van der Waals surface area contributed by atoms with Crippen LogP contribution in [0.3, 0.4) is 0 Å². The molecule has 2 aromatic rings. The van der Waals surface area contributed by atoms with Gasteiger partial charge in [-0.05, 0) is 25.5 Å². The van der Waals surface area contributed by atoms with Gasteiger partial charge in [-0.3, -0.25) is 0 Å². The number of hydrogen-bond donors (Lipinski definition) is 0. The van der Waals surface area contributed by atoms with Crippen LogP contribution in [-0.4, -0.2) is 12.6 Å². The molecule has 88 valence electrons. The van der Waals surface area contributed by atoms with Crippen molar-refractivity contribution in [3.05, 3.63) is 47.9 Å². The van der Waals surface area contributed by atoms with Crippen molar-refractivity contribution in [3.63, 3.8) is 0 Å². The summed E-state index contributed by atoms with van der Waals surface area (Å²) in [5.41, 5.74) is 1.96. The summed E-state index contributed by atoms with van der Waals surface area (Å²) in [6, 6.07) is 11.5. The monoisotopic (exact) mass is 230 g/mol. The van der Waals surface area contributed by atoms with Crippen LogP contribution >= 0.6 is 0 Å². The second-order valence-corrected chi connectivity index (χ2v) is 3.67. The lowest BCUT2D eigenvalue weighted by atomic mass is 10.1. The van der Waals surface area contributed by atoms with E-state index in [1.165, 1.54) is 0 Å². The summed E-state index contributed by atoms with van der Waals surface area (Å²) in [7, 11) is 0. The fraction of sp³-hybridized carbons (Fsp3) is 0.214. The van der Waals surface area contributed by atoms with E-state index in [1.807, 2.05) is 37.3 Å². The summed E-state index contributed by atoms with van der Waals surface area (Å²) in [5, 5.41) is 0. The van der Waals surface area contributed by atoms with Crippen molar-refractivity contribution in [3.8, 4) is 11.1 Å². The Hall–Kier alpha value is -2.03. The van der Waals surface area contributed by atoms with E-state index in [4.69, 9.17) is 9.15 Å². The molecular weight excluding hydrogens is 216 g/mol. The summed E-state index contributed by atoms with van der Waals surface area (Å²) in [6.07, 6.45) is 0. The predicted octanol–water partition coefficient (Wildman–Crippen LogP) is 3.43. The number of carbonyl (C=O) groups excluding carboxylic acids is 1. The minimum Gasteiger partial charge on any atom is -0.460 e. The highest BCUT2D eigenvalue weighted by Gasteiger charge is 2.15. The molecule has 0 spiro atoms. The van der Waals surface area contributed by atoms with Crippen LogP contribution < -0.4 is 0 Å². The Kier molecular flexibility index (Phi) is 3.28. The van der Waals surface area contributed by atoms with Crippen molar-refractivity contribution in [1.82, 2.24) is 0 Å². The van der Waals surface area contributed by atoms with Gasteiger partial charge in [0.25, 0.3) is 0 Å². The molecule has 0 atom stereocenters. The van der Waals surface area contributed by atoms with E-state index in [-0.39, 0.29) is 5.76 Å². The summed E-state index contributed by atoms with van der Waals surface area (Å²) >= 11 is 0. The molecule has 0 N–H and O–H groups in total. The molecule has 0 aliphatic heterocycles. The van der Waals surface area contributed by atoms with E-state index < -0.39 is 5.97 Å². The number of esters is 1. The predicted molar refractivity (Wildman–Crippen MR) is 64.8 cm³/mol. The Morgan fingerprint density at radius 2 is 2.00 bits per heavy atom. The van der Waals surface area contributed by atoms with Crippen LogP contribution in [0.4, 0.5) is 0 Å². The van der Waals surface area contributed by atoms with Crippen LogP contribution in [0.25, 0.3) is 11.1 Å². The Labute approximate surface area is 100 Å². The summed E-state index contributed by atoms with van der Waals surface area (Å²) in [4.78, 5) is 11.5. The third-order valence-corrected chi connectivity index (χ3v) is 2.48. The maximum absolute atomic E-state index is 11.5. The Morgan fingerprint density at radius 1 is 1.29 bits per heavy atom. The van der Waals surface area contributed by atoms with Gasteiger partial charge in [-0.2, -0.15) is 0 Å². The van der Waals surface area contributed by atoms with Gasteiger partial charge in [0.05, 0.1) is 6.61 Å². The van der Waals surface area contributed by atoms with Crippen molar-refractivity contribution in [2.75, 3.05) is 6.61 Å². The van der Waals surface area contributed by atoms with Crippen LogP contribution in [0.15, 0.2) is 40.8 Å². The average Bonchev–Trinajstić information content (AvgIpc) is 2.73. The van der Waals surface area contributed by atoms with Crippen molar-refractivity contribution in [2.45, 2.75) is 13.8 Å². The molecule has 0 amide bonds. The van der Waals surface area contributed by atoms with E-state index in [9.17, 15) is 4.79 Å². The molecule has 2 rings (SSSR count). The maximum Gasteiger partial charge on any atom is 0.374 e. The zero-order chi connectivity index (χ0) is 12.3. The minimum atomic E-state index is -0.419. The number of hydrogen-bond acceptors (Lipinski definition) is 3. The number of benzene rings is 1. The van der Waals surface area contributed by atoms with Gasteiger partial charge in [0.1, 0.15) is 5.76 Å². The smallest absolute Gasteiger partial charge is 0.374 e. The SMILES string of the molecule is CCOC(=O)c1cc(-c2ccccc2)c(C)o1. The van der Waals surface area contributed by atoms with Crippen molar-refractivity contribution in [2.24, 2.45) is 0 Å². The quantitative estimate of drug-likeness (QED) is 0.758. The van der Waals surface area contributed by atoms with Gasteiger partial charge in [0, 0.05) is 5.56 Å². The van der Waals surface area contributed by atoms with Crippen molar-refractivity contribution < 1.29 is 13.9 Å². The molecule has 0 aliphatic carbocycles. The fourth-order valence-corrected chi connectivity index (χ4v) is 1.69. The first-order chi connectivity index (χ1) is 8.22. The molecule has 0 aliphatic rings. The van der Waals surface area contributed by atoms with Crippen LogP contribution in [-0.2, 0) is 4.74 Å². The van der Waals surface area contributed by atoms with Gasteiger partial charge in [-0.15, -0.1) is 0 Å². The average molecular weight is 230 g/mol. The van der Waals surface area contributed by atoms with Crippen LogP contribution in [0.5, 0.6) is 0 Å². The number of ether oxygens (including phenoxy) is 1. The Bertz CT molecular complexity index is 512. The molecule has 0 unspecified atom stereocenters. The molecule has 0 radical (unpaired) electrons. The van der Waals surface area contributed by atoms with E-state index >= 15 is 0 Å². The topological polar surface area (TPSA) is 39.4 Å². The van der Waals surface area contributed by atoms with Gasteiger partial charge < -0.3 is 9.15 Å². The van der Waals surface area contributed by atoms with E-state index in [0.717, 1.165) is 16.9 Å². The summed E-state index contributed by atoms with van der Waals surface area (Å²) in [5.74, 6) is 0.556. The summed E-state index contributed by atoms with van der Waals surface area (Å²) in [6.45, 7) is 3.95. The fourth-order valence-electron chi connectivity index (χ4n) is 1.69. The third-order valence-electron chi connectivity index (χ3n) is 2.48. The molecule has 17 heavy (non-hydrogen) atoms. The highest BCUT2D eigenvalue weighted by Crippen LogP contribution is 2.26. The lowest BCUT2D eigenvalue weighted by molar-refractivity contribution is 0.0488. The molecule has 3 heteroatoms. The molecule has 1 aromatic carbocycles. The first-order valence-corrected chi connectivity index (χ1v) is 5.55. The van der Waals surface area contributed by atoms with Gasteiger partial charge in [-0.25, -0.2) is 4.79 Å². The zero-order valence-electron chi connectivity index (χ0n) is 9.90. The molecule has 1 heterocycles. The first kappa shape index (κ1) is 11.5. The van der Waals surface area contributed by atoms with Gasteiger partial charge in [0.15, 0.2) is 0 Å². The Balaban J connectivity index is 2.35. The number of aryl methyl sites for hydroxylation is 1. The molecule has 0 bridgehead atoms. The van der Waals surface area contributed by atoms with E-state index in [1.54, 1.807) is 13.0 Å². The van der Waals surface area contributed by atoms with Gasteiger partial charge in [0.2, 0.25) is 5.76 Å². The number of rotatable bonds is 3. The summed E-state index contributed by atoms with van der Waals surface area (Å²) < 4.78 is 10.3. The van der Waals surface area contributed by atoms with E-state index in [0.29, 0.717) is 6.61 Å². The second kappa shape index (κ2) is 4.87. The zero-order valence-corrected chi connectivity index (χ0v) is 9.90. The van der Waals surface area contributed by atoms with Crippen LogP contribution in [0.1, 0.15) is 23.2 Å². The van der Waals surface area contributed by atoms with E-state index in [2.05, 4.69) is 0 Å². The standard InChI is InChI=1S/C14H14O3/c1-3-16-14(15)13-9-12(10(2)17-13)11-7-5-4-6-8-11/h4-9H,3H2,1-2H3. The highest BCUT2D eigenvalue weighted by atomic mass is 16.5. The van der Waals surface area contributed by atoms with Crippen LogP contribution in [0, 0.1) is 6.92 Å². The molecule has 1 aromatic heterocycles. The number of carbonyl (C=O) groups is 1. The second-order valence-electron chi connectivity index (χ2n) is 3.67. The van der Waals surface area contributed by atoms with Gasteiger partial charge >= 0.3 is 5.97 Å². The first-order valence-electron chi connectivity index (χ1n) is 5.55. The van der Waals surface area contributed by atoms with Crippen LogP contribution in [0.2, 0.25) is 0 Å². The van der Waals surface area contributed by atoms with Crippen molar-refractivity contribution >= 4 is 5.97 Å². The largest absolute Gasteiger partial charge is 0.460 e. The third kappa shape index (κ3) is 2.38.